The van der Waals surface area contributed by atoms with Crippen LogP contribution < -0.4 is 5.32 Å². The van der Waals surface area contributed by atoms with Crippen molar-refractivity contribution >= 4 is 38.5 Å². The van der Waals surface area contributed by atoms with Crippen LogP contribution in [0.25, 0.3) is 0 Å². The largest absolute Gasteiger partial charge is 0.335 e. The fourth-order valence-corrected chi connectivity index (χ4v) is 3.32. The van der Waals surface area contributed by atoms with Crippen LogP contribution in [0.3, 0.4) is 0 Å². The summed E-state index contributed by atoms with van der Waals surface area (Å²) in [6.07, 6.45) is 2.80. The van der Waals surface area contributed by atoms with Gasteiger partial charge in [-0.25, -0.2) is 0 Å². The first-order chi connectivity index (χ1) is 7.81. The maximum Gasteiger partial charge on any atom is 0.161 e. The summed E-state index contributed by atoms with van der Waals surface area (Å²) in [6, 6.07) is 8.22. The summed E-state index contributed by atoms with van der Waals surface area (Å²) in [5.41, 5.74) is 1.12. The molecule has 1 aromatic rings. The first-order valence-corrected chi connectivity index (χ1v) is 7.22. The molecule has 0 amide bonds. The monoisotopic (exact) mass is 296 g/mol. The van der Waals surface area contributed by atoms with Crippen molar-refractivity contribution in [2.45, 2.75) is 18.1 Å². The van der Waals surface area contributed by atoms with Crippen LogP contribution in [0, 0.1) is 5.92 Å². The highest BCUT2D eigenvalue weighted by atomic mass is 79.9. The number of rotatable bonds is 2. The van der Waals surface area contributed by atoms with Crippen LogP contribution in [-0.4, -0.2) is 17.0 Å². The molecule has 2 nitrogen and oxygen atoms in total. The van der Waals surface area contributed by atoms with E-state index in [9.17, 15) is 0 Å². The molecule has 1 atom stereocenters. The lowest BCUT2D eigenvalue weighted by molar-refractivity contribution is 0.773. The van der Waals surface area contributed by atoms with Crippen LogP contribution in [0.5, 0.6) is 0 Å². The number of thioether (sulfide) groups is 1. The van der Waals surface area contributed by atoms with E-state index in [0.717, 1.165) is 33.0 Å². The molecule has 0 aromatic heterocycles. The van der Waals surface area contributed by atoms with Crippen LogP contribution in [-0.2, 0) is 0 Å². The van der Waals surface area contributed by atoms with Crippen LogP contribution in [0.15, 0.2) is 33.7 Å². The minimum Gasteiger partial charge on any atom is -0.335 e. The van der Waals surface area contributed by atoms with Crippen LogP contribution >= 0.6 is 27.7 Å². The number of aliphatic imine (C=N–C) groups is 1. The predicted molar refractivity (Wildman–Crippen MR) is 74.2 cm³/mol. The topological polar surface area (TPSA) is 24.4 Å². The van der Waals surface area contributed by atoms with Gasteiger partial charge in [-0.05, 0) is 43.0 Å². The molecule has 1 aliphatic heterocycles. The summed E-state index contributed by atoms with van der Waals surface area (Å²) in [5.74, 6) is 0.929. The Labute approximate surface area is 108 Å². The summed E-state index contributed by atoms with van der Waals surface area (Å²) in [7, 11) is 0. The second kappa shape index (κ2) is 4.41. The highest BCUT2D eigenvalue weighted by molar-refractivity contribution is 9.10. The Balaban J connectivity index is 1.60. The van der Waals surface area contributed by atoms with Crippen molar-refractivity contribution in [3.63, 3.8) is 0 Å². The van der Waals surface area contributed by atoms with Gasteiger partial charge in [0.2, 0.25) is 0 Å². The van der Waals surface area contributed by atoms with Crippen LogP contribution in [0.2, 0.25) is 0 Å². The molecule has 0 bridgehead atoms. The van der Waals surface area contributed by atoms with Crippen molar-refractivity contribution in [3.8, 4) is 0 Å². The number of hydrogen-bond acceptors (Lipinski definition) is 3. The van der Waals surface area contributed by atoms with Gasteiger partial charge < -0.3 is 5.32 Å². The summed E-state index contributed by atoms with van der Waals surface area (Å²) < 4.78 is 1.11. The Morgan fingerprint density at radius 1 is 1.25 bits per heavy atom. The molecule has 84 valence electrons. The SMILES string of the molecule is Brc1ccc(NC2=NCC(C3CC3)S2)cc1. The van der Waals surface area contributed by atoms with Crippen molar-refractivity contribution in [1.82, 2.24) is 0 Å². The lowest BCUT2D eigenvalue weighted by Gasteiger charge is -2.07. The Hall–Kier alpha value is -0.480. The van der Waals surface area contributed by atoms with E-state index in [1.165, 1.54) is 12.8 Å². The predicted octanol–water partition coefficient (Wildman–Crippen LogP) is 3.74. The van der Waals surface area contributed by atoms with Gasteiger partial charge in [0.25, 0.3) is 0 Å². The maximum atomic E-state index is 4.55. The molecular formula is C12H13BrN2S. The fraction of sp³-hybridized carbons (Fsp3) is 0.417. The zero-order chi connectivity index (χ0) is 11.0. The second-order valence-electron chi connectivity index (χ2n) is 4.27. The van der Waals surface area contributed by atoms with E-state index in [1.807, 2.05) is 23.9 Å². The normalized spacial score (nSPS) is 24.3. The maximum absolute atomic E-state index is 4.55. The van der Waals surface area contributed by atoms with E-state index < -0.39 is 0 Å². The number of amidine groups is 1. The Morgan fingerprint density at radius 2 is 2.00 bits per heavy atom. The summed E-state index contributed by atoms with van der Waals surface area (Å²) in [4.78, 5) is 4.55. The van der Waals surface area contributed by atoms with Gasteiger partial charge in [-0.3, -0.25) is 4.99 Å². The van der Waals surface area contributed by atoms with Gasteiger partial charge in [-0.15, -0.1) is 0 Å². The third kappa shape index (κ3) is 2.43. The molecule has 1 fully saturated rings. The number of nitrogens with zero attached hydrogens (tertiary/aromatic N) is 1. The summed E-state index contributed by atoms with van der Waals surface area (Å²) in [5, 5.41) is 5.19. The molecule has 0 radical (unpaired) electrons. The average molecular weight is 297 g/mol. The zero-order valence-electron chi connectivity index (χ0n) is 8.82. The van der Waals surface area contributed by atoms with Gasteiger partial charge in [0.15, 0.2) is 5.17 Å². The molecule has 1 N–H and O–H groups in total. The third-order valence-corrected chi connectivity index (χ3v) is 4.74. The molecule has 1 aliphatic carbocycles. The van der Waals surface area contributed by atoms with E-state index in [1.54, 1.807) is 0 Å². The van der Waals surface area contributed by atoms with Gasteiger partial charge in [0, 0.05) is 15.4 Å². The van der Waals surface area contributed by atoms with E-state index in [2.05, 4.69) is 38.4 Å². The molecule has 0 spiro atoms. The molecule has 0 saturated heterocycles. The summed E-state index contributed by atoms with van der Waals surface area (Å²) in [6.45, 7) is 0.994. The molecule has 16 heavy (non-hydrogen) atoms. The number of benzene rings is 1. The first kappa shape index (κ1) is 10.7. The Bertz CT molecular complexity index is 412. The molecule has 1 heterocycles. The second-order valence-corrected chi connectivity index (χ2v) is 6.42. The minimum atomic E-state index is 0.734. The van der Waals surface area contributed by atoms with Crippen molar-refractivity contribution in [2.75, 3.05) is 11.9 Å². The zero-order valence-corrected chi connectivity index (χ0v) is 11.2. The summed E-state index contributed by atoms with van der Waals surface area (Å²) >= 11 is 5.34. The molecule has 3 rings (SSSR count). The quantitative estimate of drug-likeness (QED) is 0.899. The molecule has 4 heteroatoms. The number of anilines is 1. The van der Waals surface area contributed by atoms with Gasteiger partial charge in [0.1, 0.15) is 0 Å². The molecule has 2 aliphatic rings. The third-order valence-electron chi connectivity index (χ3n) is 2.92. The van der Waals surface area contributed by atoms with Crippen molar-refractivity contribution in [2.24, 2.45) is 10.9 Å². The smallest absolute Gasteiger partial charge is 0.161 e. The number of halogens is 1. The highest BCUT2D eigenvalue weighted by Crippen LogP contribution is 2.41. The Morgan fingerprint density at radius 3 is 2.69 bits per heavy atom. The first-order valence-electron chi connectivity index (χ1n) is 5.55. The molecule has 1 aromatic carbocycles. The van der Waals surface area contributed by atoms with Gasteiger partial charge >= 0.3 is 0 Å². The van der Waals surface area contributed by atoms with Crippen molar-refractivity contribution < 1.29 is 0 Å². The van der Waals surface area contributed by atoms with Crippen LogP contribution in [0.4, 0.5) is 5.69 Å². The lowest BCUT2D eigenvalue weighted by Crippen LogP contribution is -2.08. The van der Waals surface area contributed by atoms with E-state index >= 15 is 0 Å². The number of hydrogen-bond donors (Lipinski definition) is 1. The molecule has 1 unspecified atom stereocenters. The van der Waals surface area contributed by atoms with Crippen LogP contribution in [0.1, 0.15) is 12.8 Å². The van der Waals surface area contributed by atoms with Gasteiger partial charge in [-0.1, -0.05) is 27.7 Å². The standard InChI is InChI=1S/C12H13BrN2S/c13-9-3-5-10(6-4-9)15-12-14-7-11(16-12)8-1-2-8/h3-6,8,11H,1-2,7H2,(H,14,15). The molecule has 1 saturated carbocycles. The average Bonchev–Trinajstić information content (AvgIpc) is 3.04. The fourth-order valence-electron chi connectivity index (χ4n) is 1.83. The van der Waals surface area contributed by atoms with E-state index in [-0.39, 0.29) is 0 Å². The Kier molecular flexibility index (Phi) is 2.94. The van der Waals surface area contributed by atoms with Crippen molar-refractivity contribution in [3.05, 3.63) is 28.7 Å². The minimum absolute atomic E-state index is 0.734. The van der Waals surface area contributed by atoms with E-state index in [0.29, 0.717) is 0 Å². The van der Waals surface area contributed by atoms with Gasteiger partial charge in [0.05, 0.1) is 6.54 Å². The van der Waals surface area contributed by atoms with Crippen molar-refractivity contribution in [1.29, 1.82) is 0 Å². The number of nitrogens with one attached hydrogen (secondary N) is 1. The van der Waals surface area contributed by atoms with Gasteiger partial charge in [-0.2, -0.15) is 0 Å². The lowest BCUT2D eigenvalue weighted by atomic mass is 10.3. The van der Waals surface area contributed by atoms with E-state index in [4.69, 9.17) is 0 Å². The highest BCUT2D eigenvalue weighted by Gasteiger charge is 2.35. The molecular weight excluding hydrogens is 284 g/mol.